The van der Waals surface area contributed by atoms with Gasteiger partial charge in [-0.1, -0.05) is 6.07 Å². The minimum absolute atomic E-state index is 0.0401. The van der Waals surface area contributed by atoms with Crippen molar-refractivity contribution in [2.75, 3.05) is 11.9 Å². The Hall–Kier alpha value is -1.21. The maximum atomic E-state index is 13.5. The molecule has 0 aliphatic rings. The van der Waals surface area contributed by atoms with E-state index in [2.05, 4.69) is 27.9 Å². The Labute approximate surface area is 123 Å². The third-order valence-electron chi connectivity index (χ3n) is 2.68. The highest BCUT2D eigenvalue weighted by atomic mass is 127. The van der Waals surface area contributed by atoms with Crippen molar-refractivity contribution in [1.82, 2.24) is 0 Å². The molecule has 100 valence electrons. The fourth-order valence-electron chi connectivity index (χ4n) is 1.71. The fourth-order valence-corrected chi connectivity index (χ4v) is 2.07. The summed E-state index contributed by atoms with van der Waals surface area (Å²) in [5.41, 5.74) is 0.483. The van der Waals surface area contributed by atoms with Crippen molar-refractivity contribution in [3.8, 4) is 0 Å². The van der Waals surface area contributed by atoms with E-state index >= 15 is 0 Å². The molecular weight excluding hydrogens is 363 g/mol. The van der Waals surface area contributed by atoms with E-state index in [0.29, 0.717) is 0 Å². The number of aliphatic hydroxyl groups is 1. The highest BCUT2D eigenvalue weighted by molar-refractivity contribution is 14.1. The molecule has 0 fully saturated rings. The van der Waals surface area contributed by atoms with Crippen LogP contribution in [-0.4, -0.2) is 11.7 Å². The summed E-state index contributed by atoms with van der Waals surface area (Å²) < 4.78 is 28.0. The van der Waals surface area contributed by atoms with E-state index in [9.17, 15) is 13.9 Å². The third kappa shape index (κ3) is 3.63. The molecule has 0 radical (unpaired) electrons. The quantitative estimate of drug-likeness (QED) is 0.799. The summed E-state index contributed by atoms with van der Waals surface area (Å²) in [7, 11) is 0. The first-order valence-corrected chi connectivity index (χ1v) is 6.77. The third-order valence-corrected chi connectivity index (χ3v) is 3.40. The molecule has 0 aromatic heterocycles. The van der Waals surface area contributed by atoms with Crippen LogP contribution in [0.25, 0.3) is 0 Å². The Morgan fingerprint density at radius 2 is 1.63 bits per heavy atom. The van der Waals surface area contributed by atoms with Crippen molar-refractivity contribution >= 4 is 28.3 Å². The molecule has 2 nitrogen and oxygen atoms in total. The van der Waals surface area contributed by atoms with Gasteiger partial charge < -0.3 is 10.4 Å². The SMILES string of the molecule is OC(CNc1ccc(I)cc1)c1c(F)cccc1F. The number of hydrogen-bond donors (Lipinski definition) is 2. The van der Waals surface area contributed by atoms with Gasteiger partial charge in [-0.3, -0.25) is 0 Å². The zero-order valence-electron chi connectivity index (χ0n) is 9.91. The van der Waals surface area contributed by atoms with Crippen LogP contribution in [0.1, 0.15) is 11.7 Å². The van der Waals surface area contributed by atoms with Crippen LogP contribution in [0, 0.1) is 15.2 Å². The monoisotopic (exact) mass is 375 g/mol. The molecule has 0 bridgehead atoms. The number of nitrogens with one attached hydrogen (secondary N) is 1. The van der Waals surface area contributed by atoms with Crippen molar-refractivity contribution in [2.45, 2.75) is 6.10 Å². The molecule has 0 spiro atoms. The lowest BCUT2D eigenvalue weighted by molar-refractivity contribution is 0.181. The summed E-state index contributed by atoms with van der Waals surface area (Å²) in [6, 6.07) is 11.0. The van der Waals surface area contributed by atoms with Crippen LogP contribution in [0.2, 0.25) is 0 Å². The number of aliphatic hydroxyl groups excluding tert-OH is 1. The van der Waals surface area contributed by atoms with Gasteiger partial charge in [-0.2, -0.15) is 0 Å². The molecule has 2 rings (SSSR count). The minimum atomic E-state index is -1.24. The predicted molar refractivity (Wildman–Crippen MR) is 79.0 cm³/mol. The van der Waals surface area contributed by atoms with Crippen molar-refractivity contribution in [3.63, 3.8) is 0 Å². The average Bonchev–Trinajstić information content (AvgIpc) is 2.38. The highest BCUT2D eigenvalue weighted by Crippen LogP contribution is 2.21. The van der Waals surface area contributed by atoms with Gasteiger partial charge in [0.05, 0.1) is 5.56 Å². The largest absolute Gasteiger partial charge is 0.386 e. The number of anilines is 1. The summed E-state index contributed by atoms with van der Waals surface area (Å²) in [6.45, 7) is 0.0401. The summed E-state index contributed by atoms with van der Waals surface area (Å²) in [5, 5.41) is 12.8. The molecule has 5 heteroatoms. The van der Waals surface area contributed by atoms with Crippen molar-refractivity contribution < 1.29 is 13.9 Å². The molecule has 0 amide bonds. The van der Waals surface area contributed by atoms with Crippen molar-refractivity contribution in [1.29, 1.82) is 0 Å². The van der Waals surface area contributed by atoms with E-state index in [4.69, 9.17) is 0 Å². The van der Waals surface area contributed by atoms with Gasteiger partial charge >= 0.3 is 0 Å². The molecule has 1 unspecified atom stereocenters. The Bertz CT molecular complexity index is 540. The molecule has 0 saturated carbocycles. The van der Waals surface area contributed by atoms with E-state index < -0.39 is 17.7 Å². The van der Waals surface area contributed by atoms with E-state index in [0.717, 1.165) is 21.4 Å². The molecule has 2 aromatic rings. The van der Waals surface area contributed by atoms with Gasteiger partial charge in [0.25, 0.3) is 0 Å². The summed E-state index contributed by atoms with van der Waals surface area (Å²) in [4.78, 5) is 0. The fraction of sp³-hybridized carbons (Fsp3) is 0.143. The summed E-state index contributed by atoms with van der Waals surface area (Å²) in [6.07, 6.45) is -1.24. The number of rotatable bonds is 4. The molecule has 2 aromatic carbocycles. The van der Waals surface area contributed by atoms with Gasteiger partial charge in [0.1, 0.15) is 17.7 Å². The van der Waals surface area contributed by atoms with Crippen LogP contribution in [0.5, 0.6) is 0 Å². The molecule has 0 aliphatic heterocycles. The molecule has 0 heterocycles. The van der Waals surface area contributed by atoms with Crippen molar-refractivity contribution in [2.24, 2.45) is 0 Å². The first kappa shape index (κ1) is 14.2. The Morgan fingerprint density at radius 1 is 1.05 bits per heavy atom. The lowest BCUT2D eigenvalue weighted by Crippen LogP contribution is -2.15. The number of benzene rings is 2. The number of halogens is 3. The van der Waals surface area contributed by atoms with Crippen LogP contribution in [0.4, 0.5) is 14.5 Å². The topological polar surface area (TPSA) is 32.3 Å². The lowest BCUT2D eigenvalue weighted by atomic mass is 10.1. The predicted octanol–water partition coefficient (Wildman–Crippen LogP) is 3.71. The van der Waals surface area contributed by atoms with Gasteiger partial charge in [0.2, 0.25) is 0 Å². The average molecular weight is 375 g/mol. The van der Waals surface area contributed by atoms with Crippen LogP contribution in [0.15, 0.2) is 42.5 Å². The van der Waals surface area contributed by atoms with Gasteiger partial charge in [0, 0.05) is 15.8 Å². The van der Waals surface area contributed by atoms with E-state index in [1.165, 1.54) is 6.07 Å². The lowest BCUT2D eigenvalue weighted by Gasteiger charge is -2.14. The highest BCUT2D eigenvalue weighted by Gasteiger charge is 2.17. The zero-order valence-corrected chi connectivity index (χ0v) is 12.1. The molecule has 19 heavy (non-hydrogen) atoms. The van der Waals surface area contributed by atoms with Gasteiger partial charge in [-0.25, -0.2) is 8.78 Å². The second-order valence-electron chi connectivity index (χ2n) is 4.04. The van der Waals surface area contributed by atoms with E-state index in [-0.39, 0.29) is 12.1 Å². The van der Waals surface area contributed by atoms with Gasteiger partial charge in [-0.05, 0) is 59.0 Å². The Kier molecular flexibility index (Phi) is 4.71. The van der Waals surface area contributed by atoms with Crippen LogP contribution >= 0.6 is 22.6 Å². The summed E-state index contributed by atoms with van der Waals surface area (Å²) in [5.74, 6) is -1.48. The molecule has 2 N–H and O–H groups in total. The van der Waals surface area contributed by atoms with Crippen LogP contribution in [-0.2, 0) is 0 Å². The molecular formula is C14H12F2INO. The normalized spacial score (nSPS) is 12.2. The molecule has 0 aliphatic carbocycles. The smallest absolute Gasteiger partial charge is 0.132 e. The van der Waals surface area contributed by atoms with Crippen LogP contribution < -0.4 is 5.32 Å². The first-order valence-electron chi connectivity index (χ1n) is 5.69. The van der Waals surface area contributed by atoms with Crippen LogP contribution in [0.3, 0.4) is 0 Å². The zero-order chi connectivity index (χ0) is 13.8. The first-order chi connectivity index (χ1) is 9.08. The maximum Gasteiger partial charge on any atom is 0.132 e. The standard InChI is InChI=1S/C14H12F2INO/c15-11-2-1-3-12(16)14(11)13(19)8-18-10-6-4-9(17)5-7-10/h1-7,13,18-19H,8H2. The number of hydrogen-bond acceptors (Lipinski definition) is 2. The molecule has 0 saturated heterocycles. The Balaban J connectivity index is 2.05. The summed E-state index contributed by atoms with van der Waals surface area (Å²) >= 11 is 2.18. The van der Waals surface area contributed by atoms with E-state index in [1.54, 1.807) is 0 Å². The van der Waals surface area contributed by atoms with E-state index in [1.807, 2.05) is 24.3 Å². The van der Waals surface area contributed by atoms with Crippen molar-refractivity contribution in [3.05, 3.63) is 63.2 Å². The van der Waals surface area contributed by atoms with Gasteiger partial charge in [-0.15, -0.1) is 0 Å². The van der Waals surface area contributed by atoms with Gasteiger partial charge in [0.15, 0.2) is 0 Å². The Morgan fingerprint density at radius 3 is 2.21 bits per heavy atom. The minimum Gasteiger partial charge on any atom is -0.386 e. The maximum absolute atomic E-state index is 13.5. The second-order valence-corrected chi connectivity index (χ2v) is 5.28. The molecule has 1 atom stereocenters. The second kappa shape index (κ2) is 6.29.